The predicted molar refractivity (Wildman–Crippen MR) is 49.6 cm³/mol. The van der Waals surface area contributed by atoms with Crippen LogP contribution in [0.4, 0.5) is 0 Å². The second kappa shape index (κ2) is 4.08. The van der Waals surface area contributed by atoms with Crippen molar-refractivity contribution in [3.05, 3.63) is 29.8 Å². The zero-order valence-corrected chi connectivity index (χ0v) is 8.74. The van der Waals surface area contributed by atoms with Crippen LogP contribution in [0.1, 0.15) is 12.5 Å². The van der Waals surface area contributed by atoms with E-state index in [9.17, 15) is 13.5 Å². The molecule has 0 N–H and O–H groups in total. The molecule has 1 aromatic rings. The van der Waals surface area contributed by atoms with Crippen molar-refractivity contribution in [1.29, 1.82) is 0 Å². The molecule has 0 aromatic heterocycles. The van der Waals surface area contributed by atoms with Crippen molar-refractivity contribution < 1.29 is 17.7 Å². The molecule has 0 bridgehead atoms. The molecule has 0 saturated heterocycles. The fraction of sp³-hybridized carbons (Fsp3) is 0.333. The van der Waals surface area contributed by atoms with Crippen LogP contribution in [0.5, 0.6) is 0 Å². The Morgan fingerprint density at radius 1 is 1.36 bits per heavy atom. The molecule has 0 spiro atoms. The monoisotopic (exact) mass is 215 g/mol. The van der Waals surface area contributed by atoms with Crippen molar-refractivity contribution in [3.8, 4) is 0 Å². The SMILES string of the molecule is Cc1cccc(S(=O)(=O)OC(C)[O])c1. The maximum atomic E-state index is 11.4. The van der Waals surface area contributed by atoms with E-state index in [-0.39, 0.29) is 4.90 Å². The molecule has 0 heterocycles. The van der Waals surface area contributed by atoms with Gasteiger partial charge in [-0.05, 0) is 31.5 Å². The zero-order chi connectivity index (χ0) is 10.8. The third kappa shape index (κ3) is 2.80. The van der Waals surface area contributed by atoms with Crippen LogP contribution in [0.3, 0.4) is 0 Å². The molecule has 77 valence electrons. The van der Waals surface area contributed by atoms with E-state index in [0.717, 1.165) is 12.5 Å². The van der Waals surface area contributed by atoms with Crippen LogP contribution in [-0.4, -0.2) is 14.7 Å². The van der Waals surface area contributed by atoms with Crippen LogP contribution >= 0.6 is 0 Å². The Bertz CT molecular complexity index is 409. The highest BCUT2D eigenvalue weighted by atomic mass is 32.2. The summed E-state index contributed by atoms with van der Waals surface area (Å²) in [6.07, 6.45) is -1.58. The van der Waals surface area contributed by atoms with Gasteiger partial charge in [-0.3, -0.25) is 0 Å². The van der Waals surface area contributed by atoms with Crippen molar-refractivity contribution in [2.24, 2.45) is 0 Å². The Hall–Kier alpha value is -0.910. The highest BCUT2D eigenvalue weighted by Crippen LogP contribution is 2.14. The molecule has 0 amide bonds. The molecule has 14 heavy (non-hydrogen) atoms. The average Bonchev–Trinajstić information content (AvgIpc) is 2.01. The van der Waals surface area contributed by atoms with E-state index in [4.69, 9.17) is 0 Å². The van der Waals surface area contributed by atoms with Crippen molar-refractivity contribution >= 4 is 10.1 Å². The molecule has 0 fully saturated rings. The summed E-state index contributed by atoms with van der Waals surface area (Å²) in [5.74, 6) is 0. The Morgan fingerprint density at radius 2 is 2.00 bits per heavy atom. The average molecular weight is 215 g/mol. The first-order chi connectivity index (χ1) is 6.42. The number of benzene rings is 1. The fourth-order valence-electron chi connectivity index (χ4n) is 1.00. The van der Waals surface area contributed by atoms with Gasteiger partial charge < -0.3 is 0 Å². The number of hydrogen-bond acceptors (Lipinski definition) is 3. The summed E-state index contributed by atoms with van der Waals surface area (Å²) in [5, 5.41) is 10.6. The third-order valence-electron chi connectivity index (χ3n) is 1.54. The molecule has 1 atom stereocenters. The maximum absolute atomic E-state index is 11.4. The van der Waals surface area contributed by atoms with E-state index in [1.54, 1.807) is 19.1 Å². The van der Waals surface area contributed by atoms with E-state index in [1.807, 2.05) is 0 Å². The molecule has 4 nitrogen and oxygen atoms in total. The first kappa shape index (κ1) is 11.2. The van der Waals surface area contributed by atoms with E-state index < -0.39 is 16.4 Å². The standard InChI is InChI=1S/C9H11O4S/c1-7-4-3-5-9(6-7)14(11,12)13-8(2)10/h3-6,8H,1-2H3. The summed E-state index contributed by atoms with van der Waals surface area (Å²) >= 11 is 0. The van der Waals surface area contributed by atoms with Crippen molar-refractivity contribution in [1.82, 2.24) is 0 Å². The van der Waals surface area contributed by atoms with E-state index in [1.165, 1.54) is 12.1 Å². The molecule has 1 unspecified atom stereocenters. The largest absolute Gasteiger partial charge is 0.299 e. The highest BCUT2D eigenvalue weighted by molar-refractivity contribution is 7.86. The van der Waals surface area contributed by atoms with Gasteiger partial charge >= 0.3 is 0 Å². The van der Waals surface area contributed by atoms with Crippen LogP contribution in [0.15, 0.2) is 29.2 Å². The predicted octanol–water partition coefficient (Wildman–Crippen LogP) is 1.48. The summed E-state index contributed by atoms with van der Waals surface area (Å²) in [6.45, 7) is 2.90. The van der Waals surface area contributed by atoms with Crippen LogP contribution < -0.4 is 0 Å². The first-order valence-corrected chi connectivity index (χ1v) is 5.48. The molecule has 0 aliphatic heterocycles. The van der Waals surface area contributed by atoms with E-state index in [0.29, 0.717) is 0 Å². The Labute approximate surface area is 83.3 Å². The molecular formula is C9H11O4S. The highest BCUT2D eigenvalue weighted by Gasteiger charge is 2.18. The second-order valence-corrected chi connectivity index (χ2v) is 4.51. The number of aryl methyl sites for hydroxylation is 1. The lowest BCUT2D eigenvalue weighted by Gasteiger charge is -2.06. The van der Waals surface area contributed by atoms with Gasteiger partial charge in [-0.1, -0.05) is 12.1 Å². The topological polar surface area (TPSA) is 63.3 Å². The van der Waals surface area contributed by atoms with Gasteiger partial charge in [-0.2, -0.15) is 8.42 Å². The first-order valence-electron chi connectivity index (χ1n) is 4.07. The second-order valence-electron chi connectivity index (χ2n) is 2.93. The maximum Gasteiger partial charge on any atom is 0.299 e. The van der Waals surface area contributed by atoms with Crippen LogP contribution in [0.2, 0.25) is 0 Å². The van der Waals surface area contributed by atoms with Gasteiger partial charge in [-0.15, -0.1) is 0 Å². The van der Waals surface area contributed by atoms with Crippen molar-refractivity contribution in [2.75, 3.05) is 0 Å². The molecule has 1 radical (unpaired) electrons. The molecule has 0 saturated carbocycles. The summed E-state index contributed by atoms with van der Waals surface area (Å²) in [4.78, 5) is 0.0141. The minimum absolute atomic E-state index is 0.0141. The minimum Gasteiger partial charge on any atom is -0.231 e. The zero-order valence-electron chi connectivity index (χ0n) is 7.93. The van der Waals surface area contributed by atoms with E-state index in [2.05, 4.69) is 4.18 Å². The van der Waals surface area contributed by atoms with Gasteiger partial charge in [0.05, 0.1) is 4.90 Å². The quantitative estimate of drug-likeness (QED) is 0.566. The van der Waals surface area contributed by atoms with Gasteiger partial charge in [0, 0.05) is 0 Å². The molecular weight excluding hydrogens is 204 g/mol. The lowest BCUT2D eigenvalue weighted by atomic mass is 10.2. The Kier molecular flexibility index (Phi) is 3.25. The normalized spacial score (nSPS) is 13.9. The molecule has 1 rings (SSSR count). The lowest BCUT2D eigenvalue weighted by Crippen LogP contribution is -2.13. The Balaban J connectivity index is 3.05. The van der Waals surface area contributed by atoms with Gasteiger partial charge in [0.25, 0.3) is 10.1 Å². The van der Waals surface area contributed by atoms with Crippen molar-refractivity contribution in [3.63, 3.8) is 0 Å². The molecule has 0 aliphatic carbocycles. The van der Waals surface area contributed by atoms with Gasteiger partial charge in [-0.25, -0.2) is 9.29 Å². The minimum atomic E-state index is -3.89. The van der Waals surface area contributed by atoms with Gasteiger partial charge in [0.1, 0.15) is 0 Å². The summed E-state index contributed by atoms with van der Waals surface area (Å²) < 4.78 is 27.0. The smallest absolute Gasteiger partial charge is 0.231 e. The number of hydrogen-bond donors (Lipinski definition) is 0. The molecule has 1 aromatic carbocycles. The van der Waals surface area contributed by atoms with Gasteiger partial charge in [0.2, 0.25) is 6.29 Å². The summed E-state index contributed by atoms with van der Waals surface area (Å²) in [6, 6.07) is 6.21. The van der Waals surface area contributed by atoms with Crippen LogP contribution in [-0.2, 0) is 19.4 Å². The van der Waals surface area contributed by atoms with E-state index >= 15 is 0 Å². The summed E-state index contributed by atoms with van der Waals surface area (Å²) in [5.41, 5.74) is 0.799. The van der Waals surface area contributed by atoms with Gasteiger partial charge in [0.15, 0.2) is 0 Å². The fourth-order valence-corrected chi connectivity index (χ4v) is 2.05. The number of rotatable bonds is 3. The van der Waals surface area contributed by atoms with Crippen LogP contribution in [0, 0.1) is 6.92 Å². The molecule has 0 aliphatic rings. The molecule has 5 heteroatoms. The lowest BCUT2D eigenvalue weighted by molar-refractivity contribution is -0.0506. The summed E-state index contributed by atoms with van der Waals surface area (Å²) in [7, 11) is -3.89. The Morgan fingerprint density at radius 3 is 2.50 bits per heavy atom. The van der Waals surface area contributed by atoms with Crippen molar-refractivity contribution in [2.45, 2.75) is 25.0 Å². The third-order valence-corrected chi connectivity index (χ3v) is 2.90. The van der Waals surface area contributed by atoms with Crippen LogP contribution in [0.25, 0.3) is 0 Å².